The fraction of sp³-hybridized carbons (Fsp3) is 0.211. The number of ether oxygens (including phenoxy) is 1. The molecule has 1 aromatic heterocycles. The number of hydrogen-bond acceptors (Lipinski definition) is 4. The highest BCUT2D eigenvalue weighted by Crippen LogP contribution is 2.32. The van der Waals surface area contributed by atoms with Gasteiger partial charge in [-0.2, -0.15) is 21.6 Å². The summed E-state index contributed by atoms with van der Waals surface area (Å²) in [6.07, 6.45) is 1.71. The molecule has 0 unspecified atom stereocenters. The van der Waals surface area contributed by atoms with Gasteiger partial charge in [-0.1, -0.05) is 35.4 Å². The molecule has 0 bridgehead atoms. The van der Waals surface area contributed by atoms with Crippen molar-refractivity contribution in [1.29, 1.82) is 0 Å². The van der Waals surface area contributed by atoms with Crippen molar-refractivity contribution >= 4 is 38.7 Å². The quantitative estimate of drug-likeness (QED) is 0.529. The van der Waals surface area contributed by atoms with E-state index in [4.69, 9.17) is 16.3 Å². The van der Waals surface area contributed by atoms with Crippen LogP contribution in [0.2, 0.25) is 5.02 Å². The number of fused-ring (bicyclic) bond motifs is 1. The maximum absolute atomic E-state index is 13.3. The van der Waals surface area contributed by atoms with Gasteiger partial charge in [0.15, 0.2) is 5.82 Å². The van der Waals surface area contributed by atoms with Gasteiger partial charge in [-0.3, -0.25) is 0 Å². The lowest BCUT2D eigenvalue weighted by Gasteiger charge is -2.13. The van der Waals surface area contributed by atoms with Crippen LogP contribution in [-0.4, -0.2) is 22.9 Å². The topological polar surface area (TPSA) is 61.2 Å². The van der Waals surface area contributed by atoms with Crippen LogP contribution in [0, 0.1) is 0 Å². The Morgan fingerprint density at radius 1 is 1.17 bits per heavy atom. The summed E-state index contributed by atoms with van der Waals surface area (Å²) in [6.45, 7) is 3.14. The minimum atomic E-state index is -5.71. The third-order valence-electron chi connectivity index (χ3n) is 3.90. The van der Waals surface area contributed by atoms with Gasteiger partial charge in [0.05, 0.1) is 11.0 Å². The third-order valence-corrected chi connectivity index (χ3v) is 5.62. The maximum Gasteiger partial charge on any atom is 0.517 e. The summed E-state index contributed by atoms with van der Waals surface area (Å²) in [7, 11) is -5.71. The Hall–Kier alpha value is -2.52. The Kier molecular flexibility index (Phi) is 5.64. The SMILES string of the molecule is CC(C)=Cc1cccc2c1nc(COc1ccc(Cl)cc1)n2S(=O)(=O)C(F)(F)F. The summed E-state index contributed by atoms with van der Waals surface area (Å²) in [5, 5.41) is 0.454. The molecule has 0 aliphatic heterocycles. The molecule has 2 aromatic carbocycles. The van der Waals surface area contributed by atoms with Crippen molar-refractivity contribution in [2.75, 3.05) is 0 Å². The molecule has 1 heterocycles. The predicted octanol–water partition coefficient (Wildman–Crippen LogP) is 5.39. The van der Waals surface area contributed by atoms with E-state index in [1.807, 2.05) is 13.8 Å². The first-order valence-electron chi connectivity index (χ1n) is 8.36. The van der Waals surface area contributed by atoms with Crippen LogP contribution < -0.4 is 4.74 Å². The first-order valence-corrected chi connectivity index (χ1v) is 10.2. The molecule has 0 fully saturated rings. The molecule has 0 atom stereocenters. The molecule has 0 aliphatic carbocycles. The molecule has 0 saturated carbocycles. The molecule has 0 spiro atoms. The molecule has 0 amide bonds. The molecular formula is C19H16ClF3N2O3S. The van der Waals surface area contributed by atoms with Crippen LogP contribution in [0.1, 0.15) is 25.2 Å². The lowest BCUT2D eigenvalue weighted by Crippen LogP contribution is -2.31. The number of benzene rings is 2. The predicted molar refractivity (Wildman–Crippen MR) is 105 cm³/mol. The Balaban J connectivity index is 2.17. The van der Waals surface area contributed by atoms with Crippen molar-refractivity contribution in [2.24, 2.45) is 0 Å². The number of aromatic nitrogens is 2. The standard InChI is InChI=1S/C19H16ClF3N2O3S/c1-12(2)10-13-4-3-5-16-18(13)24-17(25(16)29(26,27)19(21,22)23)11-28-15-8-6-14(20)7-9-15/h3-10H,11H2,1-2H3. The van der Waals surface area contributed by atoms with E-state index in [9.17, 15) is 21.6 Å². The fourth-order valence-corrected chi connectivity index (χ4v) is 3.83. The van der Waals surface area contributed by atoms with Gasteiger partial charge >= 0.3 is 15.5 Å². The Morgan fingerprint density at radius 2 is 1.83 bits per heavy atom. The monoisotopic (exact) mass is 444 g/mol. The van der Waals surface area contributed by atoms with Crippen LogP contribution in [0.5, 0.6) is 5.75 Å². The van der Waals surface area contributed by atoms with E-state index in [2.05, 4.69) is 4.98 Å². The van der Waals surface area contributed by atoms with Gasteiger partial charge in [0, 0.05) is 10.6 Å². The minimum Gasteiger partial charge on any atom is -0.486 e. The van der Waals surface area contributed by atoms with Crippen LogP contribution in [-0.2, 0) is 16.6 Å². The van der Waals surface area contributed by atoms with Crippen LogP contribution in [0.4, 0.5) is 13.2 Å². The average molecular weight is 445 g/mol. The van der Waals surface area contributed by atoms with E-state index in [1.54, 1.807) is 24.3 Å². The Labute approximate surface area is 170 Å². The zero-order chi connectivity index (χ0) is 21.4. The highest BCUT2D eigenvalue weighted by Gasteiger charge is 2.49. The summed E-state index contributed by atoms with van der Waals surface area (Å²) in [5.41, 5.74) is -4.15. The highest BCUT2D eigenvalue weighted by atomic mass is 35.5. The Morgan fingerprint density at radius 3 is 2.41 bits per heavy atom. The smallest absolute Gasteiger partial charge is 0.486 e. The molecule has 0 saturated heterocycles. The first-order chi connectivity index (χ1) is 13.5. The number of imidazole rings is 1. The van der Waals surface area contributed by atoms with Gasteiger partial charge in [-0.05, 0) is 44.2 Å². The Bertz CT molecular complexity index is 1180. The van der Waals surface area contributed by atoms with Crippen molar-refractivity contribution in [2.45, 2.75) is 26.0 Å². The first kappa shape index (κ1) is 21.2. The fourth-order valence-electron chi connectivity index (χ4n) is 2.72. The van der Waals surface area contributed by atoms with Crippen molar-refractivity contribution in [3.05, 3.63) is 64.4 Å². The molecule has 0 radical (unpaired) electrons. The molecule has 5 nitrogen and oxygen atoms in total. The zero-order valence-electron chi connectivity index (χ0n) is 15.4. The number of nitrogens with zero attached hydrogens (tertiary/aromatic N) is 2. The van der Waals surface area contributed by atoms with Crippen LogP contribution >= 0.6 is 11.6 Å². The lowest BCUT2D eigenvalue weighted by atomic mass is 10.1. The molecule has 29 heavy (non-hydrogen) atoms. The number of rotatable bonds is 5. The van der Waals surface area contributed by atoms with Gasteiger partial charge in [0.1, 0.15) is 12.4 Å². The molecule has 10 heteroatoms. The van der Waals surface area contributed by atoms with Gasteiger partial charge in [-0.25, -0.2) is 8.96 Å². The minimum absolute atomic E-state index is 0.135. The van der Waals surface area contributed by atoms with E-state index >= 15 is 0 Å². The normalized spacial score (nSPS) is 12.2. The summed E-state index contributed by atoms with van der Waals surface area (Å²) in [6, 6.07) is 10.5. The van der Waals surface area contributed by atoms with Gasteiger partial charge in [0.25, 0.3) is 0 Å². The highest BCUT2D eigenvalue weighted by molar-refractivity contribution is 7.91. The van der Waals surface area contributed by atoms with Crippen LogP contribution in [0.3, 0.4) is 0 Å². The molecule has 3 aromatic rings. The van der Waals surface area contributed by atoms with Gasteiger partial charge < -0.3 is 4.74 Å². The maximum atomic E-state index is 13.3. The van der Waals surface area contributed by atoms with Crippen molar-refractivity contribution in [1.82, 2.24) is 8.96 Å². The van der Waals surface area contributed by atoms with E-state index in [-0.39, 0.29) is 20.8 Å². The van der Waals surface area contributed by atoms with E-state index in [0.29, 0.717) is 16.3 Å². The largest absolute Gasteiger partial charge is 0.517 e. The second kappa shape index (κ2) is 7.72. The van der Waals surface area contributed by atoms with E-state index < -0.39 is 22.1 Å². The molecular weight excluding hydrogens is 429 g/mol. The van der Waals surface area contributed by atoms with Crippen molar-refractivity contribution < 1.29 is 26.3 Å². The zero-order valence-corrected chi connectivity index (χ0v) is 16.9. The molecule has 0 aliphatic rings. The average Bonchev–Trinajstić information content (AvgIpc) is 3.00. The molecule has 0 N–H and O–H groups in total. The lowest BCUT2D eigenvalue weighted by molar-refractivity contribution is -0.0446. The molecule has 3 rings (SSSR count). The third kappa shape index (κ3) is 4.25. The van der Waals surface area contributed by atoms with Crippen molar-refractivity contribution in [3.8, 4) is 5.75 Å². The summed E-state index contributed by atoms with van der Waals surface area (Å²) in [4.78, 5) is 4.17. The number of allylic oxidation sites excluding steroid dienone is 1. The number of hydrogen-bond donors (Lipinski definition) is 0. The van der Waals surface area contributed by atoms with E-state index in [1.165, 1.54) is 24.3 Å². The van der Waals surface area contributed by atoms with Crippen LogP contribution in [0.25, 0.3) is 17.1 Å². The summed E-state index contributed by atoms with van der Waals surface area (Å²) < 4.78 is 70.1. The van der Waals surface area contributed by atoms with Crippen molar-refractivity contribution in [3.63, 3.8) is 0 Å². The summed E-state index contributed by atoms with van der Waals surface area (Å²) in [5.74, 6) is -0.0798. The van der Waals surface area contributed by atoms with E-state index in [0.717, 1.165) is 5.57 Å². The second-order valence-corrected chi connectivity index (χ2v) is 8.64. The van der Waals surface area contributed by atoms with Gasteiger partial charge in [0.2, 0.25) is 0 Å². The van der Waals surface area contributed by atoms with Gasteiger partial charge in [-0.15, -0.1) is 0 Å². The van der Waals surface area contributed by atoms with Crippen LogP contribution in [0.15, 0.2) is 48.0 Å². The number of alkyl halides is 3. The summed E-state index contributed by atoms with van der Waals surface area (Å²) >= 11 is 5.79. The number of para-hydroxylation sites is 1. The second-order valence-electron chi connectivity index (χ2n) is 6.42. The number of halogens is 4. The molecule has 154 valence electrons.